The predicted octanol–water partition coefficient (Wildman–Crippen LogP) is -2.46. The van der Waals surface area contributed by atoms with Gasteiger partial charge in [0, 0.05) is 18.5 Å². The topological polar surface area (TPSA) is 247 Å². The van der Waals surface area contributed by atoms with Crippen molar-refractivity contribution in [3.63, 3.8) is 0 Å². The molecule has 0 bridgehead atoms. The van der Waals surface area contributed by atoms with E-state index >= 15 is 0 Å². The molecule has 16 nitrogen and oxygen atoms in total. The minimum Gasteiger partial charge on any atom is -0.477 e. The first-order chi connectivity index (χ1) is 23.0. The summed E-state index contributed by atoms with van der Waals surface area (Å²) in [5, 5.41) is 63.6. The molecule has 0 aromatic rings. The molecule has 48 heavy (non-hydrogen) atoms. The molecule has 16 heteroatoms. The van der Waals surface area contributed by atoms with Gasteiger partial charge in [0.15, 0.2) is 12.2 Å². The van der Waals surface area contributed by atoms with Crippen LogP contribution in [-0.4, -0.2) is 126 Å². The van der Waals surface area contributed by atoms with Gasteiger partial charge in [0.25, 0.3) is 0 Å². The molecule has 0 aromatic heterocycles. The highest BCUT2D eigenvalue weighted by Gasteiger charge is 2.47. The lowest BCUT2D eigenvalue weighted by molar-refractivity contribution is -0.843. The summed E-state index contributed by atoms with van der Waals surface area (Å²) >= 11 is 0. The van der Waals surface area contributed by atoms with Crippen LogP contribution < -0.4 is 16.0 Å². The highest BCUT2D eigenvalue weighted by atomic mass is 16.8. The van der Waals surface area contributed by atoms with Gasteiger partial charge in [-0.1, -0.05) is 30.2 Å². The average Bonchev–Trinajstić information content (AvgIpc) is 3.09. The number of quaternary nitrogens is 1. The van der Waals surface area contributed by atoms with Crippen LogP contribution in [0.3, 0.4) is 0 Å². The number of aliphatic hydroxyl groups excluding tert-OH is 5. The van der Waals surface area contributed by atoms with Crippen LogP contribution in [0, 0.1) is 11.8 Å². The van der Waals surface area contributed by atoms with Crippen molar-refractivity contribution in [1.82, 2.24) is 5.32 Å². The maximum Gasteiger partial charge on any atom is 0.343 e. The molecule has 3 heterocycles. The summed E-state index contributed by atoms with van der Waals surface area (Å²) in [6.45, 7) is -0.363. The van der Waals surface area contributed by atoms with Gasteiger partial charge < -0.3 is 65.5 Å². The smallest absolute Gasteiger partial charge is 0.343 e. The van der Waals surface area contributed by atoms with Gasteiger partial charge in [0.05, 0.1) is 43.8 Å². The van der Waals surface area contributed by atoms with Gasteiger partial charge in [-0.05, 0) is 25.7 Å². The summed E-state index contributed by atoms with van der Waals surface area (Å²) in [4.78, 5) is 30.0. The number of carboxylic acid groups (broad SMARTS) is 1. The second kappa shape index (κ2) is 17.2. The molecule has 0 spiro atoms. The minimum atomic E-state index is -1.69. The fourth-order valence-electron chi connectivity index (χ4n) is 6.28. The number of methoxy groups -OCH3 is 1. The number of allylic oxidation sites excluding steroid dienone is 2. The molecule has 1 saturated heterocycles. The molecule has 10 N–H and O–H groups in total. The largest absolute Gasteiger partial charge is 0.477 e. The number of ether oxygens (including phenoxy) is 4. The number of guanidine groups is 1. The summed E-state index contributed by atoms with van der Waals surface area (Å²) in [6, 6.07) is 0. The lowest BCUT2D eigenvalue weighted by atomic mass is 9.80. The van der Waals surface area contributed by atoms with E-state index in [4.69, 9.17) is 24.7 Å². The van der Waals surface area contributed by atoms with Crippen molar-refractivity contribution in [2.45, 2.75) is 69.1 Å². The number of aliphatic hydroxyl groups is 5. The number of nitrogens with zero attached hydrogens (tertiary/aromatic N) is 1. The first kappa shape index (κ1) is 37.2. The van der Waals surface area contributed by atoms with Gasteiger partial charge in [-0.2, -0.15) is 0 Å². The van der Waals surface area contributed by atoms with Gasteiger partial charge in [0.2, 0.25) is 6.29 Å². The summed E-state index contributed by atoms with van der Waals surface area (Å²) < 4.78 is 22.7. The van der Waals surface area contributed by atoms with Crippen LogP contribution in [0.5, 0.6) is 0 Å². The van der Waals surface area contributed by atoms with E-state index in [1.54, 1.807) is 12.2 Å². The summed E-state index contributed by atoms with van der Waals surface area (Å²) in [6.07, 6.45) is 3.74. The van der Waals surface area contributed by atoms with E-state index in [9.17, 15) is 40.2 Å². The number of aliphatic carboxylic acids is 1. The van der Waals surface area contributed by atoms with Crippen molar-refractivity contribution in [2.24, 2.45) is 22.6 Å². The van der Waals surface area contributed by atoms with E-state index in [0.29, 0.717) is 10.5 Å². The zero-order valence-electron chi connectivity index (χ0n) is 27.0. The van der Waals surface area contributed by atoms with Crippen molar-refractivity contribution < 1.29 is 64.1 Å². The Bertz CT molecular complexity index is 1350. The lowest BCUT2D eigenvalue weighted by Crippen LogP contribution is -3.09. The zero-order valence-corrected chi connectivity index (χ0v) is 27.0. The number of rotatable bonds is 11. The standard InChI is InChI=1S/C32H46N4O12/c1-34-32(33)35-24-18(13-36(10-11-37)14-21(24)28(42)43)8-9-19-20(12-17-6-4-3-5-7-17)30(46-16-22(19)29(44)45-2)48-31-27(41)26(40)25(39)23(15-38)47-31/h8-9,12,14,16,19-20,23,25-27,30-31,37-41H,3-7,10-11,13,15H2,1-2H3,(H,42,43)(H3,33,34,35)/p+1/b9-8+/t19-,20+,23+,25+,26-,27+,30-,31-/m0/s1. The molecule has 266 valence electrons. The van der Waals surface area contributed by atoms with Crippen LogP contribution in [0.4, 0.5) is 0 Å². The van der Waals surface area contributed by atoms with Crippen molar-refractivity contribution in [3.05, 3.63) is 58.7 Å². The monoisotopic (exact) mass is 679 g/mol. The molecule has 2 fully saturated rings. The quantitative estimate of drug-likeness (QED) is 0.0476. The van der Waals surface area contributed by atoms with Crippen molar-refractivity contribution in [2.75, 3.05) is 40.5 Å². The number of carbonyl (C=O) groups is 2. The Morgan fingerprint density at radius 3 is 2.48 bits per heavy atom. The van der Waals surface area contributed by atoms with Gasteiger partial charge in [-0.3, -0.25) is 4.99 Å². The number of carbonyl (C=O) groups excluding carboxylic acids is 1. The second-order valence-electron chi connectivity index (χ2n) is 12.1. The maximum atomic E-state index is 13.1. The van der Waals surface area contributed by atoms with E-state index < -0.39 is 67.4 Å². The van der Waals surface area contributed by atoms with Crippen LogP contribution in [0.2, 0.25) is 0 Å². The molecule has 0 amide bonds. The highest BCUT2D eigenvalue weighted by molar-refractivity contribution is 5.94. The Hall–Kier alpha value is -3.61. The third-order valence-electron chi connectivity index (χ3n) is 8.90. The average molecular weight is 680 g/mol. The number of nitrogens with one attached hydrogen (secondary N) is 2. The maximum absolute atomic E-state index is 13.1. The second-order valence-corrected chi connectivity index (χ2v) is 12.1. The van der Waals surface area contributed by atoms with Crippen molar-refractivity contribution in [3.8, 4) is 0 Å². The Morgan fingerprint density at radius 1 is 1.12 bits per heavy atom. The van der Waals surface area contributed by atoms with E-state index in [2.05, 4.69) is 10.3 Å². The fraction of sp³-hybridized carbons (Fsp3) is 0.594. The molecule has 9 atom stereocenters. The zero-order chi connectivity index (χ0) is 35.0. The fourth-order valence-corrected chi connectivity index (χ4v) is 6.28. The van der Waals surface area contributed by atoms with Gasteiger partial charge in [-0.15, -0.1) is 0 Å². The molecule has 0 aromatic carbocycles. The number of aliphatic imine (C=N–C) groups is 1. The van der Waals surface area contributed by atoms with Crippen LogP contribution >= 0.6 is 0 Å². The first-order valence-corrected chi connectivity index (χ1v) is 15.9. The molecular weight excluding hydrogens is 632 g/mol. The Balaban J connectivity index is 1.80. The van der Waals surface area contributed by atoms with E-state index in [1.807, 2.05) is 6.08 Å². The highest BCUT2D eigenvalue weighted by Crippen LogP contribution is 2.39. The molecule has 4 rings (SSSR count). The summed E-state index contributed by atoms with van der Waals surface area (Å²) in [5.74, 6) is -3.43. The molecule has 3 aliphatic heterocycles. The number of esters is 1. The first-order valence-electron chi connectivity index (χ1n) is 15.9. The number of hydrogen-bond acceptors (Lipinski definition) is 12. The number of nitrogens with two attached hydrogens (primary N) is 1. The Kier molecular flexibility index (Phi) is 13.3. The van der Waals surface area contributed by atoms with Crippen molar-refractivity contribution >= 4 is 17.9 Å². The molecule has 1 unspecified atom stereocenters. The Labute approximate surface area is 278 Å². The third-order valence-corrected chi connectivity index (χ3v) is 8.90. The van der Waals surface area contributed by atoms with Crippen LogP contribution in [0.15, 0.2) is 63.7 Å². The summed E-state index contributed by atoms with van der Waals surface area (Å²) in [7, 11) is 2.68. The summed E-state index contributed by atoms with van der Waals surface area (Å²) in [5.41, 5.74) is 7.78. The lowest BCUT2D eigenvalue weighted by Gasteiger charge is -2.43. The number of hydrogen-bond donors (Lipinski definition) is 9. The molecular formula is C32H47N4O12+. The van der Waals surface area contributed by atoms with Crippen LogP contribution in [0.1, 0.15) is 32.1 Å². The molecule has 0 radical (unpaired) electrons. The van der Waals surface area contributed by atoms with Gasteiger partial charge >= 0.3 is 11.9 Å². The van der Waals surface area contributed by atoms with Gasteiger partial charge in [0.1, 0.15) is 49.3 Å². The van der Waals surface area contributed by atoms with Gasteiger partial charge in [-0.25, -0.2) is 9.59 Å². The molecule has 4 aliphatic rings. The van der Waals surface area contributed by atoms with Crippen LogP contribution in [0.25, 0.3) is 0 Å². The van der Waals surface area contributed by atoms with Crippen molar-refractivity contribution in [1.29, 1.82) is 0 Å². The minimum absolute atomic E-state index is 0.0252. The normalized spacial score (nSPS) is 33.1. The van der Waals surface area contributed by atoms with E-state index in [0.717, 1.165) is 37.7 Å². The van der Waals surface area contributed by atoms with E-state index in [-0.39, 0.29) is 42.5 Å². The van der Waals surface area contributed by atoms with E-state index in [1.165, 1.54) is 26.6 Å². The number of carboxylic acids is 1. The van der Waals surface area contributed by atoms with Crippen LogP contribution in [-0.2, 0) is 28.5 Å². The SMILES string of the molecule is CN=C(N)NC1=C(/C=C/[C@@H]2C(C(=O)OC)=CO[C@@H](O[C@@H]3O[C@H](CO)[C@@H](O)[C@H](O)[C@H]3O)[C@@H]2C=C2CCCCC2)C[NH+](CCO)C=C1C(=O)O. The predicted molar refractivity (Wildman–Crippen MR) is 168 cm³/mol. The molecule has 1 saturated carbocycles. The third kappa shape index (κ3) is 8.69. The Morgan fingerprint density at radius 2 is 1.85 bits per heavy atom. The molecule has 1 aliphatic carbocycles.